The van der Waals surface area contributed by atoms with Crippen LogP contribution in [-0.2, 0) is 6.42 Å². The highest BCUT2D eigenvalue weighted by atomic mass is 79.9. The van der Waals surface area contributed by atoms with E-state index in [1.165, 1.54) is 11.1 Å². The van der Waals surface area contributed by atoms with Crippen LogP contribution in [0.25, 0.3) is 0 Å². The molecule has 0 aliphatic rings. The Kier molecular flexibility index (Phi) is 5.56. The highest BCUT2D eigenvalue weighted by Crippen LogP contribution is 2.26. The average Bonchev–Trinajstić information content (AvgIpc) is 2.26. The summed E-state index contributed by atoms with van der Waals surface area (Å²) in [5, 5.41) is 0. The van der Waals surface area contributed by atoms with Gasteiger partial charge in [0.2, 0.25) is 0 Å². The van der Waals surface area contributed by atoms with E-state index in [9.17, 15) is 0 Å². The van der Waals surface area contributed by atoms with E-state index >= 15 is 0 Å². The van der Waals surface area contributed by atoms with E-state index in [1.54, 1.807) is 7.11 Å². The molecule has 1 rings (SSSR count). The maximum Gasteiger partial charge on any atom is 0.133 e. The summed E-state index contributed by atoms with van der Waals surface area (Å²) in [4.78, 5) is 0. The molecular weight excluding hydrogens is 266 g/mol. The van der Waals surface area contributed by atoms with E-state index in [4.69, 9.17) is 10.5 Å². The minimum Gasteiger partial charge on any atom is -0.496 e. The zero-order valence-electron chi connectivity index (χ0n) is 9.79. The number of nitrogens with two attached hydrogens (primary N) is 1. The Balaban J connectivity index is 2.71. The molecule has 16 heavy (non-hydrogen) atoms. The van der Waals surface area contributed by atoms with Gasteiger partial charge in [0, 0.05) is 0 Å². The molecule has 0 amide bonds. The molecule has 0 aliphatic carbocycles. The van der Waals surface area contributed by atoms with Crippen molar-refractivity contribution in [1.29, 1.82) is 0 Å². The summed E-state index contributed by atoms with van der Waals surface area (Å²) in [6.07, 6.45) is 4.10. The molecule has 0 saturated carbocycles. The van der Waals surface area contributed by atoms with Crippen LogP contribution in [0.4, 0.5) is 0 Å². The van der Waals surface area contributed by atoms with Gasteiger partial charge in [-0.3, -0.25) is 0 Å². The van der Waals surface area contributed by atoms with Crippen molar-refractivity contribution in [2.45, 2.75) is 19.8 Å². The van der Waals surface area contributed by atoms with Gasteiger partial charge in [-0.15, -0.1) is 0 Å². The van der Waals surface area contributed by atoms with Crippen molar-refractivity contribution in [2.75, 3.05) is 13.7 Å². The molecule has 2 nitrogen and oxygen atoms in total. The molecule has 0 bridgehead atoms. The van der Waals surface area contributed by atoms with Gasteiger partial charge in [-0.1, -0.05) is 17.7 Å². The third kappa shape index (κ3) is 3.99. The second-order valence-electron chi connectivity index (χ2n) is 3.77. The van der Waals surface area contributed by atoms with Gasteiger partial charge in [0.25, 0.3) is 0 Å². The highest BCUT2D eigenvalue weighted by Gasteiger charge is 2.01. The summed E-state index contributed by atoms with van der Waals surface area (Å²) in [5.74, 6) is 0.868. The highest BCUT2D eigenvalue weighted by molar-refractivity contribution is 9.10. The molecule has 1 aromatic carbocycles. The number of hydrogen-bond donors (Lipinski definition) is 1. The van der Waals surface area contributed by atoms with E-state index in [0.29, 0.717) is 6.54 Å². The molecular formula is C13H18BrNO. The first-order chi connectivity index (χ1) is 7.67. The van der Waals surface area contributed by atoms with Crippen LogP contribution >= 0.6 is 15.9 Å². The number of rotatable bonds is 5. The number of allylic oxidation sites excluding steroid dienone is 1. The van der Waals surface area contributed by atoms with E-state index < -0.39 is 0 Å². The van der Waals surface area contributed by atoms with Gasteiger partial charge in [0.1, 0.15) is 5.75 Å². The summed E-state index contributed by atoms with van der Waals surface area (Å²) >= 11 is 3.49. The third-order valence-corrected chi connectivity index (χ3v) is 2.98. The number of ether oxygens (including phenoxy) is 1. The van der Waals surface area contributed by atoms with Crippen LogP contribution < -0.4 is 10.5 Å². The predicted octanol–water partition coefficient (Wildman–Crippen LogP) is 3.30. The largest absolute Gasteiger partial charge is 0.496 e. The fourth-order valence-corrected chi connectivity index (χ4v) is 2.13. The Labute approximate surface area is 106 Å². The maximum atomic E-state index is 5.46. The number of halogens is 1. The summed E-state index contributed by atoms with van der Waals surface area (Å²) in [5.41, 5.74) is 8.09. The molecule has 0 fully saturated rings. The Morgan fingerprint density at radius 1 is 1.50 bits per heavy atom. The van der Waals surface area contributed by atoms with E-state index in [0.717, 1.165) is 23.1 Å². The zero-order valence-corrected chi connectivity index (χ0v) is 11.4. The van der Waals surface area contributed by atoms with Crippen molar-refractivity contribution in [3.8, 4) is 5.75 Å². The van der Waals surface area contributed by atoms with Crippen molar-refractivity contribution in [2.24, 2.45) is 5.73 Å². The maximum absolute atomic E-state index is 5.46. The molecule has 0 spiro atoms. The van der Waals surface area contributed by atoms with Gasteiger partial charge in [0.15, 0.2) is 0 Å². The van der Waals surface area contributed by atoms with Crippen molar-refractivity contribution < 1.29 is 4.74 Å². The normalized spacial score (nSPS) is 11.6. The van der Waals surface area contributed by atoms with Gasteiger partial charge in [-0.25, -0.2) is 0 Å². The molecule has 88 valence electrons. The van der Waals surface area contributed by atoms with Gasteiger partial charge < -0.3 is 10.5 Å². The number of hydrogen-bond acceptors (Lipinski definition) is 2. The standard InChI is InChI=1S/C13H18BrNO/c1-10(4-3-7-15)8-11-5-6-13(16-2)12(14)9-11/h4-6,9H,3,7-8,15H2,1-2H3. The van der Waals surface area contributed by atoms with Crippen LogP contribution in [0, 0.1) is 0 Å². The van der Waals surface area contributed by atoms with Crippen LogP contribution in [0.15, 0.2) is 34.3 Å². The zero-order chi connectivity index (χ0) is 12.0. The predicted molar refractivity (Wildman–Crippen MR) is 71.8 cm³/mol. The molecule has 3 heteroatoms. The van der Waals surface area contributed by atoms with Crippen molar-refractivity contribution in [3.63, 3.8) is 0 Å². The van der Waals surface area contributed by atoms with E-state index in [-0.39, 0.29) is 0 Å². The lowest BCUT2D eigenvalue weighted by Crippen LogP contribution is -1.97. The molecule has 0 saturated heterocycles. The minimum absolute atomic E-state index is 0.712. The lowest BCUT2D eigenvalue weighted by molar-refractivity contribution is 0.412. The number of methoxy groups -OCH3 is 1. The van der Waals surface area contributed by atoms with E-state index in [1.807, 2.05) is 6.07 Å². The van der Waals surface area contributed by atoms with Crippen molar-refractivity contribution >= 4 is 15.9 Å². The van der Waals surface area contributed by atoms with Gasteiger partial charge in [-0.2, -0.15) is 0 Å². The summed E-state index contributed by atoms with van der Waals surface area (Å²) in [7, 11) is 1.67. The molecule has 0 radical (unpaired) electrons. The smallest absolute Gasteiger partial charge is 0.133 e. The third-order valence-electron chi connectivity index (χ3n) is 2.36. The molecule has 0 unspecified atom stereocenters. The Bertz CT molecular complexity index is 374. The minimum atomic E-state index is 0.712. The number of benzene rings is 1. The van der Waals surface area contributed by atoms with Gasteiger partial charge in [0.05, 0.1) is 11.6 Å². The molecule has 1 aromatic rings. The Morgan fingerprint density at radius 2 is 2.25 bits per heavy atom. The van der Waals surface area contributed by atoms with Crippen LogP contribution in [0.1, 0.15) is 18.9 Å². The summed E-state index contributed by atoms with van der Waals surface area (Å²) < 4.78 is 6.19. The lowest BCUT2D eigenvalue weighted by atomic mass is 10.1. The quantitative estimate of drug-likeness (QED) is 0.842. The average molecular weight is 284 g/mol. The van der Waals surface area contributed by atoms with Gasteiger partial charge in [-0.05, 0) is 59.9 Å². The van der Waals surface area contributed by atoms with Crippen LogP contribution in [-0.4, -0.2) is 13.7 Å². The van der Waals surface area contributed by atoms with Crippen LogP contribution in [0.5, 0.6) is 5.75 Å². The van der Waals surface area contributed by atoms with Crippen LogP contribution in [0.2, 0.25) is 0 Å². The fourth-order valence-electron chi connectivity index (χ4n) is 1.54. The fraction of sp³-hybridized carbons (Fsp3) is 0.385. The topological polar surface area (TPSA) is 35.2 Å². The van der Waals surface area contributed by atoms with Crippen LogP contribution in [0.3, 0.4) is 0 Å². The van der Waals surface area contributed by atoms with Crippen molar-refractivity contribution in [1.82, 2.24) is 0 Å². The molecule has 0 atom stereocenters. The second kappa shape index (κ2) is 6.71. The summed E-state index contributed by atoms with van der Waals surface area (Å²) in [6, 6.07) is 6.16. The van der Waals surface area contributed by atoms with E-state index in [2.05, 4.69) is 41.1 Å². The molecule has 0 aromatic heterocycles. The lowest BCUT2D eigenvalue weighted by Gasteiger charge is -2.06. The second-order valence-corrected chi connectivity index (χ2v) is 4.63. The summed E-state index contributed by atoms with van der Waals surface area (Å²) in [6.45, 7) is 2.84. The molecule has 0 heterocycles. The Hall–Kier alpha value is -0.800. The molecule has 0 aliphatic heterocycles. The SMILES string of the molecule is COc1ccc(CC(C)=CCCN)cc1Br. The first-order valence-electron chi connectivity index (χ1n) is 5.35. The monoisotopic (exact) mass is 283 g/mol. The van der Waals surface area contributed by atoms with Crippen molar-refractivity contribution in [3.05, 3.63) is 39.9 Å². The first-order valence-corrected chi connectivity index (χ1v) is 6.14. The van der Waals surface area contributed by atoms with Gasteiger partial charge >= 0.3 is 0 Å². The Morgan fingerprint density at radius 3 is 2.81 bits per heavy atom. The first kappa shape index (κ1) is 13.3. The molecule has 2 N–H and O–H groups in total.